The van der Waals surface area contributed by atoms with Gasteiger partial charge in [0.2, 0.25) is 0 Å². The Labute approximate surface area is 170 Å². The van der Waals surface area contributed by atoms with Gasteiger partial charge in [-0.15, -0.1) is 0 Å². The molecule has 1 aliphatic rings. The molecule has 0 aromatic heterocycles. The van der Waals surface area contributed by atoms with Crippen molar-refractivity contribution < 1.29 is 19.1 Å². The van der Waals surface area contributed by atoms with Crippen molar-refractivity contribution in [3.63, 3.8) is 0 Å². The van der Waals surface area contributed by atoms with E-state index in [1.165, 1.54) is 0 Å². The summed E-state index contributed by atoms with van der Waals surface area (Å²) in [5, 5.41) is 5.54. The Bertz CT molecular complexity index is 844. The quantitative estimate of drug-likeness (QED) is 0.760. The molecule has 1 aliphatic heterocycles. The van der Waals surface area contributed by atoms with Crippen LogP contribution in [0.2, 0.25) is 0 Å². The fraction of sp³-hybridized carbons (Fsp3) is 0.318. The lowest BCUT2D eigenvalue weighted by Crippen LogP contribution is -2.43. The standard InChI is InChI=1S/C22H25N3O4/c1-16-7-9-19(10-8-16)23-20(26)15-29-21(27)17-11-13-25(14-12-17)22(28)24-18-5-3-2-4-6-18/h2-10,17H,11-15H2,1H3,(H,23,26)(H,24,28). The van der Waals surface area contributed by atoms with Gasteiger partial charge in [-0.2, -0.15) is 0 Å². The number of hydrogen-bond donors (Lipinski definition) is 2. The van der Waals surface area contributed by atoms with Crippen LogP contribution in [-0.2, 0) is 14.3 Å². The maximum atomic E-state index is 12.3. The number of aryl methyl sites for hydroxylation is 1. The molecule has 2 aromatic rings. The number of nitrogens with one attached hydrogen (secondary N) is 2. The number of esters is 1. The Morgan fingerprint density at radius 2 is 1.55 bits per heavy atom. The van der Waals surface area contributed by atoms with Gasteiger partial charge in [0.25, 0.3) is 5.91 Å². The molecule has 1 saturated heterocycles. The second kappa shape index (κ2) is 9.73. The zero-order valence-corrected chi connectivity index (χ0v) is 16.4. The summed E-state index contributed by atoms with van der Waals surface area (Å²) in [5.41, 5.74) is 2.49. The van der Waals surface area contributed by atoms with Crippen LogP contribution >= 0.6 is 0 Å². The summed E-state index contributed by atoms with van der Waals surface area (Å²) in [6.45, 7) is 2.58. The number of ether oxygens (including phenoxy) is 1. The number of carbonyl (C=O) groups is 3. The molecule has 2 N–H and O–H groups in total. The fourth-order valence-electron chi connectivity index (χ4n) is 3.13. The van der Waals surface area contributed by atoms with Crippen molar-refractivity contribution in [3.05, 3.63) is 60.2 Å². The van der Waals surface area contributed by atoms with E-state index >= 15 is 0 Å². The molecule has 0 unspecified atom stereocenters. The predicted molar refractivity (Wildman–Crippen MR) is 111 cm³/mol. The Kier molecular flexibility index (Phi) is 6.84. The van der Waals surface area contributed by atoms with E-state index in [4.69, 9.17) is 4.74 Å². The molecule has 3 rings (SSSR count). The molecule has 0 spiro atoms. The molecule has 7 nitrogen and oxygen atoms in total. The van der Waals surface area contributed by atoms with Crippen LogP contribution in [0.15, 0.2) is 54.6 Å². The van der Waals surface area contributed by atoms with E-state index in [-0.39, 0.29) is 24.5 Å². The first-order valence-corrected chi connectivity index (χ1v) is 9.65. The van der Waals surface area contributed by atoms with Gasteiger partial charge in [0.1, 0.15) is 0 Å². The smallest absolute Gasteiger partial charge is 0.321 e. The summed E-state index contributed by atoms with van der Waals surface area (Å²) in [5.74, 6) is -1.07. The molecule has 3 amide bonds. The van der Waals surface area contributed by atoms with E-state index in [1.807, 2.05) is 49.4 Å². The minimum Gasteiger partial charge on any atom is -0.455 e. The van der Waals surface area contributed by atoms with Gasteiger partial charge < -0.3 is 20.3 Å². The number of hydrogen-bond acceptors (Lipinski definition) is 4. The van der Waals surface area contributed by atoms with Gasteiger partial charge in [-0.25, -0.2) is 4.79 Å². The summed E-state index contributed by atoms with van der Waals surface area (Å²) < 4.78 is 5.16. The number of nitrogens with zero attached hydrogens (tertiary/aromatic N) is 1. The summed E-state index contributed by atoms with van der Waals surface area (Å²) in [6, 6.07) is 16.4. The number of para-hydroxylation sites is 1. The lowest BCUT2D eigenvalue weighted by Gasteiger charge is -2.30. The Morgan fingerprint density at radius 1 is 0.931 bits per heavy atom. The van der Waals surface area contributed by atoms with Gasteiger partial charge in [-0.05, 0) is 44.0 Å². The highest BCUT2D eigenvalue weighted by Crippen LogP contribution is 2.20. The second-order valence-corrected chi connectivity index (χ2v) is 7.08. The van der Waals surface area contributed by atoms with Crippen LogP contribution in [0, 0.1) is 12.8 Å². The molecule has 7 heteroatoms. The molecule has 1 heterocycles. The van der Waals surface area contributed by atoms with E-state index in [0.717, 1.165) is 11.3 Å². The zero-order valence-electron chi connectivity index (χ0n) is 16.4. The van der Waals surface area contributed by atoms with E-state index in [0.29, 0.717) is 31.6 Å². The molecule has 0 bridgehead atoms. The SMILES string of the molecule is Cc1ccc(NC(=O)COC(=O)C2CCN(C(=O)Nc3ccccc3)CC2)cc1. The first-order valence-electron chi connectivity index (χ1n) is 9.65. The van der Waals surface area contributed by atoms with Crippen LogP contribution in [0.3, 0.4) is 0 Å². The van der Waals surface area contributed by atoms with Gasteiger partial charge in [0, 0.05) is 24.5 Å². The van der Waals surface area contributed by atoms with Gasteiger partial charge in [0.05, 0.1) is 5.92 Å². The number of rotatable bonds is 5. The Morgan fingerprint density at radius 3 is 2.21 bits per heavy atom. The van der Waals surface area contributed by atoms with E-state index in [2.05, 4.69) is 10.6 Å². The average Bonchev–Trinajstić information content (AvgIpc) is 2.74. The lowest BCUT2D eigenvalue weighted by molar-refractivity contribution is -0.152. The number of urea groups is 1. The van der Waals surface area contributed by atoms with E-state index in [9.17, 15) is 14.4 Å². The summed E-state index contributed by atoms with van der Waals surface area (Å²) in [6.07, 6.45) is 1.03. The highest BCUT2D eigenvalue weighted by molar-refractivity contribution is 5.93. The van der Waals surface area contributed by atoms with Gasteiger partial charge in [-0.1, -0.05) is 35.9 Å². The summed E-state index contributed by atoms with van der Waals surface area (Å²) in [7, 11) is 0. The van der Waals surface area contributed by atoms with Gasteiger partial charge >= 0.3 is 12.0 Å². The molecule has 0 atom stereocenters. The second-order valence-electron chi connectivity index (χ2n) is 7.08. The average molecular weight is 395 g/mol. The van der Waals surface area contributed by atoms with Crippen molar-refractivity contribution in [1.29, 1.82) is 0 Å². The van der Waals surface area contributed by atoms with Crippen LogP contribution in [0.5, 0.6) is 0 Å². The molecule has 0 saturated carbocycles. The van der Waals surface area contributed by atoms with Crippen LogP contribution in [-0.4, -0.2) is 42.5 Å². The molecule has 0 aliphatic carbocycles. The minimum atomic E-state index is -0.396. The van der Waals surface area contributed by atoms with Crippen molar-refractivity contribution in [3.8, 4) is 0 Å². The first kappa shape index (κ1) is 20.4. The molecule has 152 valence electrons. The molecule has 0 radical (unpaired) electrons. The fourth-order valence-corrected chi connectivity index (χ4v) is 3.13. The lowest BCUT2D eigenvalue weighted by atomic mass is 9.97. The maximum absolute atomic E-state index is 12.3. The number of carbonyl (C=O) groups excluding carboxylic acids is 3. The van der Waals surface area contributed by atoms with Gasteiger partial charge in [-0.3, -0.25) is 9.59 Å². The predicted octanol–water partition coefficient (Wildman–Crippen LogP) is 3.42. The molecular formula is C22H25N3O4. The third-order valence-electron chi connectivity index (χ3n) is 4.82. The number of likely N-dealkylation sites (tertiary alicyclic amines) is 1. The van der Waals surface area contributed by atoms with Crippen molar-refractivity contribution >= 4 is 29.3 Å². The van der Waals surface area contributed by atoms with E-state index in [1.54, 1.807) is 17.0 Å². The number of benzene rings is 2. The molecule has 1 fully saturated rings. The maximum Gasteiger partial charge on any atom is 0.321 e. The Balaban J connectivity index is 1.38. The van der Waals surface area contributed by atoms with Crippen LogP contribution in [0.1, 0.15) is 18.4 Å². The minimum absolute atomic E-state index is 0.180. The van der Waals surface area contributed by atoms with Crippen molar-refractivity contribution in [2.24, 2.45) is 5.92 Å². The molecular weight excluding hydrogens is 370 g/mol. The normalized spacial score (nSPS) is 14.2. The summed E-state index contributed by atoms with van der Waals surface area (Å²) >= 11 is 0. The van der Waals surface area contributed by atoms with Crippen molar-refractivity contribution in [2.75, 3.05) is 30.3 Å². The van der Waals surface area contributed by atoms with Crippen molar-refractivity contribution in [2.45, 2.75) is 19.8 Å². The van der Waals surface area contributed by atoms with Crippen LogP contribution in [0.4, 0.5) is 16.2 Å². The topological polar surface area (TPSA) is 87.7 Å². The zero-order chi connectivity index (χ0) is 20.6. The van der Waals surface area contributed by atoms with Crippen LogP contribution < -0.4 is 10.6 Å². The van der Waals surface area contributed by atoms with Crippen molar-refractivity contribution in [1.82, 2.24) is 4.90 Å². The Hall–Kier alpha value is -3.35. The summed E-state index contributed by atoms with van der Waals surface area (Å²) in [4.78, 5) is 38.2. The first-order chi connectivity index (χ1) is 14.0. The third kappa shape index (κ3) is 6.07. The number of anilines is 2. The van der Waals surface area contributed by atoms with E-state index < -0.39 is 5.97 Å². The number of piperidine rings is 1. The number of amides is 3. The third-order valence-corrected chi connectivity index (χ3v) is 4.82. The highest BCUT2D eigenvalue weighted by atomic mass is 16.5. The molecule has 29 heavy (non-hydrogen) atoms. The van der Waals surface area contributed by atoms with Crippen LogP contribution in [0.25, 0.3) is 0 Å². The highest BCUT2D eigenvalue weighted by Gasteiger charge is 2.28. The largest absolute Gasteiger partial charge is 0.455 e. The van der Waals surface area contributed by atoms with Gasteiger partial charge in [0.15, 0.2) is 6.61 Å². The monoisotopic (exact) mass is 395 g/mol. The molecule has 2 aromatic carbocycles.